The van der Waals surface area contributed by atoms with Crippen LogP contribution in [0.25, 0.3) is 0 Å². The smallest absolute Gasteiger partial charge is 0.303 e. The van der Waals surface area contributed by atoms with Crippen LogP contribution in [-0.2, 0) is 9.59 Å². The van der Waals surface area contributed by atoms with E-state index >= 15 is 0 Å². The van der Waals surface area contributed by atoms with E-state index in [1.165, 1.54) is 37.7 Å². The highest BCUT2D eigenvalue weighted by atomic mass is 16.4. The molecule has 6 unspecified atom stereocenters. The summed E-state index contributed by atoms with van der Waals surface area (Å²) in [6.45, 7) is 8.81. The second-order valence-electron chi connectivity index (χ2n) is 10.1. The molecule has 4 fully saturated rings. The number of allylic oxidation sites excluding steroid dienone is 2. The van der Waals surface area contributed by atoms with E-state index in [0.717, 1.165) is 43.4 Å². The summed E-state index contributed by atoms with van der Waals surface area (Å²) in [5, 5.41) is 8.86. The Balaban J connectivity index is 0.00000109. The highest BCUT2D eigenvalue weighted by Crippen LogP contribution is 2.65. The van der Waals surface area contributed by atoms with Gasteiger partial charge in [0.25, 0.3) is 0 Å². The molecule has 0 spiro atoms. The van der Waals surface area contributed by atoms with Crippen LogP contribution in [0.1, 0.15) is 98.3 Å². The van der Waals surface area contributed by atoms with Crippen molar-refractivity contribution in [2.45, 2.75) is 98.3 Å². The molecule has 0 bridgehead atoms. The van der Waals surface area contributed by atoms with Gasteiger partial charge in [0.05, 0.1) is 0 Å². The minimum Gasteiger partial charge on any atom is -0.481 e. The Morgan fingerprint density at radius 2 is 1.82 bits per heavy atom. The van der Waals surface area contributed by atoms with Crippen molar-refractivity contribution < 1.29 is 14.7 Å². The Hall–Kier alpha value is -1.12. The predicted molar refractivity (Wildman–Crippen MR) is 113 cm³/mol. The first-order valence-corrected chi connectivity index (χ1v) is 11.8. The highest BCUT2D eigenvalue weighted by Gasteiger charge is 2.59. The lowest BCUT2D eigenvalue weighted by atomic mass is 9.45. The largest absolute Gasteiger partial charge is 0.481 e. The molecule has 0 aromatic carbocycles. The average Bonchev–Trinajstić information content (AvgIpc) is 2.98. The first-order chi connectivity index (χ1) is 13.3. The summed E-state index contributed by atoms with van der Waals surface area (Å²) in [6, 6.07) is 0. The van der Waals surface area contributed by atoms with Gasteiger partial charge in [-0.25, -0.2) is 0 Å². The number of carbonyl (C=O) groups excluding carboxylic acids is 1. The van der Waals surface area contributed by atoms with Gasteiger partial charge in [0.2, 0.25) is 0 Å². The molecule has 3 nitrogen and oxygen atoms in total. The van der Waals surface area contributed by atoms with Crippen molar-refractivity contribution in [3.8, 4) is 0 Å². The van der Waals surface area contributed by atoms with Crippen LogP contribution in [0.5, 0.6) is 0 Å². The number of rotatable bonds is 3. The maximum absolute atomic E-state index is 12.5. The minimum absolute atomic E-state index is 0.0130. The Morgan fingerprint density at radius 1 is 1.07 bits per heavy atom. The van der Waals surface area contributed by atoms with Crippen LogP contribution in [0, 0.1) is 34.5 Å². The molecule has 4 aliphatic carbocycles. The van der Waals surface area contributed by atoms with Crippen molar-refractivity contribution in [3.05, 3.63) is 11.6 Å². The van der Waals surface area contributed by atoms with Crippen LogP contribution < -0.4 is 0 Å². The number of fused-ring (bicyclic) bond motifs is 5. The highest BCUT2D eigenvalue weighted by molar-refractivity contribution is 5.87. The molecule has 6 atom stereocenters. The van der Waals surface area contributed by atoms with E-state index in [0.29, 0.717) is 23.5 Å². The molecular formula is C25H40O3. The van der Waals surface area contributed by atoms with E-state index in [2.05, 4.69) is 19.9 Å². The fourth-order valence-electron chi connectivity index (χ4n) is 7.46. The molecule has 1 N–H and O–H groups in total. The molecule has 4 saturated carbocycles. The molecule has 4 rings (SSSR count). The van der Waals surface area contributed by atoms with Crippen molar-refractivity contribution in [1.82, 2.24) is 0 Å². The molecule has 0 radical (unpaired) electrons. The Labute approximate surface area is 171 Å². The van der Waals surface area contributed by atoms with Gasteiger partial charge in [-0.2, -0.15) is 0 Å². The molecule has 4 aliphatic rings. The van der Waals surface area contributed by atoms with Crippen molar-refractivity contribution in [2.24, 2.45) is 34.5 Å². The standard InChI is InChI=1S/C23H34O3.C2H6/c1-22-12-10-15(4-3-5-21(25)26)14-16(22)6-7-17-18-8-9-20(24)23(18,2)13-11-19(17)22;1-2/h4,16-19H,3,5-14H2,1-2H3,(H,25,26);1-2H3/b15-4-;. The van der Waals surface area contributed by atoms with Gasteiger partial charge in [-0.05, 0) is 86.9 Å². The van der Waals surface area contributed by atoms with Crippen LogP contribution in [0.2, 0.25) is 0 Å². The third kappa shape index (κ3) is 3.59. The van der Waals surface area contributed by atoms with Gasteiger partial charge in [0.1, 0.15) is 5.78 Å². The van der Waals surface area contributed by atoms with E-state index in [4.69, 9.17) is 5.11 Å². The van der Waals surface area contributed by atoms with Crippen LogP contribution in [-0.4, -0.2) is 16.9 Å². The maximum atomic E-state index is 12.5. The molecule has 0 aromatic rings. The number of carboxylic acid groups (broad SMARTS) is 1. The minimum atomic E-state index is -0.695. The van der Waals surface area contributed by atoms with Crippen molar-refractivity contribution >= 4 is 11.8 Å². The summed E-state index contributed by atoms with van der Waals surface area (Å²) in [5.41, 5.74) is 1.92. The topological polar surface area (TPSA) is 54.4 Å². The summed E-state index contributed by atoms with van der Waals surface area (Å²) >= 11 is 0. The molecule has 0 saturated heterocycles. The molecular weight excluding hydrogens is 348 g/mol. The lowest BCUT2D eigenvalue weighted by Crippen LogP contribution is -2.53. The molecule has 0 aromatic heterocycles. The second kappa shape index (κ2) is 8.32. The van der Waals surface area contributed by atoms with Gasteiger partial charge in [0.15, 0.2) is 0 Å². The molecule has 28 heavy (non-hydrogen) atoms. The lowest BCUT2D eigenvalue weighted by molar-refractivity contribution is -0.137. The first-order valence-electron chi connectivity index (χ1n) is 11.8. The van der Waals surface area contributed by atoms with E-state index in [1.807, 2.05) is 13.8 Å². The normalized spacial score (nSPS) is 43.4. The molecule has 0 aliphatic heterocycles. The van der Waals surface area contributed by atoms with Gasteiger partial charge in [-0.1, -0.05) is 39.3 Å². The molecule has 0 amide bonds. The zero-order valence-corrected chi connectivity index (χ0v) is 18.4. The van der Waals surface area contributed by atoms with E-state index in [9.17, 15) is 9.59 Å². The van der Waals surface area contributed by atoms with Crippen molar-refractivity contribution in [1.29, 1.82) is 0 Å². The van der Waals surface area contributed by atoms with Crippen LogP contribution in [0.4, 0.5) is 0 Å². The molecule has 3 heteroatoms. The summed E-state index contributed by atoms with van der Waals surface area (Å²) < 4.78 is 0. The average molecular weight is 389 g/mol. The molecule has 158 valence electrons. The van der Waals surface area contributed by atoms with Crippen molar-refractivity contribution in [2.75, 3.05) is 0 Å². The van der Waals surface area contributed by atoms with Crippen LogP contribution >= 0.6 is 0 Å². The Morgan fingerprint density at radius 3 is 2.54 bits per heavy atom. The number of ketones is 1. The number of Topliss-reactive ketones (excluding diaryl/α,β-unsaturated/α-hetero) is 1. The SMILES string of the molecule is CC.CC12CCC3C(CCC4C/C(=C\CCC(=O)O)CCC43C)C1CCC2=O. The fraction of sp³-hybridized carbons (Fsp3) is 0.840. The van der Waals surface area contributed by atoms with E-state index in [-0.39, 0.29) is 11.8 Å². The number of hydrogen-bond donors (Lipinski definition) is 1. The number of aliphatic carboxylic acids is 1. The maximum Gasteiger partial charge on any atom is 0.303 e. The van der Waals surface area contributed by atoms with Gasteiger partial charge in [-0.3, -0.25) is 9.59 Å². The quantitative estimate of drug-likeness (QED) is 0.568. The molecule has 0 heterocycles. The Kier molecular flexibility index (Phi) is 6.41. The van der Waals surface area contributed by atoms with E-state index < -0.39 is 5.97 Å². The van der Waals surface area contributed by atoms with Crippen LogP contribution in [0.15, 0.2) is 11.6 Å². The van der Waals surface area contributed by atoms with Crippen molar-refractivity contribution in [3.63, 3.8) is 0 Å². The summed E-state index contributed by atoms with van der Waals surface area (Å²) in [6.07, 6.45) is 13.7. The monoisotopic (exact) mass is 388 g/mol. The Bertz CT molecular complexity index is 636. The van der Waals surface area contributed by atoms with Gasteiger partial charge in [-0.15, -0.1) is 0 Å². The number of carbonyl (C=O) groups is 2. The number of carboxylic acids is 1. The van der Waals surface area contributed by atoms with Gasteiger partial charge in [0, 0.05) is 18.3 Å². The predicted octanol–water partition coefficient (Wildman–Crippen LogP) is 6.42. The lowest BCUT2D eigenvalue weighted by Gasteiger charge is -2.59. The van der Waals surface area contributed by atoms with Gasteiger partial charge < -0.3 is 5.11 Å². The van der Waals surface area contributed by atoms with Crippen LogP contribution in [0.3, 0.4) is 0 Å². The third-order valence-electron chi connectivity index (χ3n) is 9.06. The van der Waals surface area contributed by atoms with Gasteiger partial charge >= 0.3 is 5.97 Å². The fourth-order valence-corrected chi connectivity index (χ4v) is 7.46. The summed E-state index contributed by atoms with van der Waals surface area (Å²) in [7, 11) is 0. The zero-order chi connectivity index (χ0) is 20.5. The number of hydrogen-bond acceptors (Lipinski definition) is 2. The zero-order valence-electron chi connectivity index (χ0n) is 18.4. The van der Waals surface area contributed by atoms with E-state index in [1.54, 1.807) is 0 Å². The first kappa shape index (κ1) is 21.6. The summed E-state index contributed by atoms with van der Waals surface area (Å²) in [4.78, 5) is 23.3. The summed E-state index contributed by atoms with van der Waals surface area (Å²) in [5.74, 6) is 2.80. The second-order valence-corrected chi connectivity index (χ2v) is 10.1. The third-order valence-corrected chi connectivity index (χ3v) is 9.06.